The van der Waals surface area contributed by atoms with Gasteiger partial charge >= 0.3 is 6.09 Å². The minimum Gasteiger partial charge on any atom is -0.443 e. The molecule has 0 spiro atoms. The predicted molar refractivity (Wildman–Crippen MR) is 158 cm³/mol. The molecule has 0 saturated carbocycles. The van der Waals surface area contributed by atoms with Crippen molar-refractivity contribution >= 4 is 39.1 Å². The lowest BCUT2D eigenvalue weighted by Crippen LogP contribution is -2.40. The predicted octanol–water partition coefficient (Wildman–Crippen LogP) is 4.55. The SMILES string of the molecule is CCS(=O)(=O)N(C)c1cccc(Nc2nccc(-c3cc(C#N)c4c(c3)C(C)(CO)CN4C(=O)OC(C)(C)C)n2)c1. The summed E-state index contributed by atoms with van der Waals surface area (Å²) in [7, 11) is -1.93. The number of nitrogens with one attached hydrogen (secondary N) is 1. The van der Waals surface area contributed by atoms with Gasteiger partial charge in [-0.25, -0.2) is 23.2 Å². The van der Waals surface area contributed by atoms with Crippen molar-refractivity contribution in [3.63, 3.8) is 0 Å². The lowest BCUT2D eigenvalue weighted by Gasteiger charge is -2.26. The largest absolute Gasteiger partial charge is 0.443 e. The van der Waals surface area contributed by atoms with E-state index in [0.717, 1.165) is 0 Å². The van der Waals surface area contributed by atoms with Crippen LogP contribution in [0.2, 0.25) is 0 Å². The first-order valence-corrected chi connectivity index (χ1v) is 14.7. The van der Waals surface area contributed by atoms with Gasteiger partial charge in [-0.05, 0) is 69.7 Å². The summed E-state index contributed by atoms with van der Waals surface area (Å²) in [5.41, 5.74) is 1.95. The fourth-order valence-electron chi connectivity index (χ4n) is 4.58. The van der Waals surface area contributed by atoms with Gasteiger partial charge in [0.1, 0.15) is 11.7 Å². The molecule has 1 aliphatic rings. The minimum absolute atomic E-state index is 0.0252. The summed E-state index contributed by atoms with van der Waals surface area (Å²) in [5, 5.41) is 23.5. The van der Waals surface area contributed by atoms with Gasteiger partial charge in [-0.2, -0.15) is 5.26 Å². The molecular formula is C29H34N6O5S. The molecule has 2 aromatic carbocycles. The average Bonchev–Trinajstić information content (AvgIpc) is 3.24. The smallest absolute Gasteiger partial charge is 0.414 e. The van der Waals surface area contributed by atoms with Crippen LogP contribution in [-0.2, 0) is 20.2 Å². The first kappa shape index (κ1) is 29.8. The Morgan fingerprint density at radius 1 is 1.27 bits per heavy atom. The lowest BCUT2D eigenvalue weighted by molar-refractivity contribution is 0.0575. The third kappa shape index (κ3) is 6.11. The molecule has 1 aliphatic heterocycles. The second-order valence-corrected chi connectivity index (χ2v) is 13.4. The number of benzene rings is 2. The number of hydrogen-bond acceptors (Lipinski definition) is 9. The second kappa shape index (κ2) is 11.0. The Balaban J connectivity index is 1.71. The number of rotatable bonds is 7. The summed E-state index contributed by atoms with van der Waals surface area (Å²) in [5.74, 6) is 0.239. The van der Waals surface area contributed by atoms with Crippen molar-refractivity contribution in [3.8, 4) is 17.3 Å². The topological polar surface area (TPSA) is 149 Å². The van der Waals surface area contributed by atoms with Gasteiger partial charge in [0.2, 0.25) is 16.0 Å². The fraction of sp³-hybridized carbons (Fsp3) is 0.379. The average molecular weight is 579 g/mol. The van der Waals surface area contributed by atoms with Gasteiger partial charge in [-0.15, -0.1) is 0 Å². The summed E-state index contributed by atoms with van der Waals surface area (Å²) >= 11 is 0. The van der Waals surface area contributed by atoms with Crippen molar-refractivity contribution in [1.29, 1.82) is 5.26 Å². The van der Waals surface area contributed by atoms with Crippen LogP contribution in [0.25, 0.3) is 11.3 Å². The highest BCUT2D eigenvalue weighted by atomic mass is 32.2. The number of nitriles is 1. The van der Waals surface area contributed by atoms with Crippen LogP contribution in [-0.4, -0.2) is 61.1 Å². The number of anilines is 4. The van der Waals surface area contributed by atoms with Crippen LogP contribution >= 0.6 is 0 Å². The molecule has 4 rings (SSSR count). The van der Waals surface area contributed by atoms with Gasteiger partial charge in [-0.3, -0.25) is 9.21 Å². The number of nitrogens with zero attached hydrogens (tertiary/aromatic N) is 5. The fourth-order valence-corrected chi connectivity index (χ4v) is 5.40. The Kier molecular flexibility index (Phi) is 7.98. The van der Waals surface area contributed by atoms with Gasteiger partial charge in [-0.1, -0.05) is 13.0 Å². The van der Waals surface area contributed by atoms with Gasteiger partial charge in [0.25, 0.3) is 0 Å². The highest BCUT2D eigenvalue weighted by molar-refractivity contribution is 7.92. The van der Waals surface area contributed by atoms with Gasteiger partial charge in [0.15, 0.2) is 0 Å². The molecule has 1 amide bonds. The number of aliphatic hydroxyl groups is 1. The van der Waals surface area contributed by atoms with Crippen molar-refractivity contribution in [2.45, 2.75) is 45.6 Å². The molecule has 1 unspecified atom stereocenters. The molecule has 0 fully saturated rings. The maximum Gasteiger partial charge on any atom is 0.414 e. The first-order valence-electron chi connectivity index (χ1n) is 13.1. The minimum atomic E-state index is -3.43. The zero-order chi connectivity index (χ0) is 30.2. The maximum atomic E-state index is 13.1. The number of carbonyl (C=O) groups is 1. The number of amides is 1. The van der Waals surface area contributed by atoms with Crippen LogP contribution in [0.1, 0.15) is 45.7 Å². The number of carbonyl (C=O) groups excluding carboxylic acids is 1. The molecule has 0 aliphatic carbocycles. The van der Waals surface area contributed by atoms with Gasteiger partial charge in [0.05, 0.1) is 35.0 Å². The zero-order valence-corrected chi connectivity index (χ0v) is 24.8. The Bertz CT molecular complexity index is 1630. The maximum absolute atomic E-state index is 13.1. The quantitative estimate of drug-likeness (QED) is 0.412. The van der Waals surface area contributed by atoms with E-state index in [2.05, 4.69) is 21.4 Å². The summed E-state index contributed by atoms with van der Waals surface area (Å²) in [6.45, 7) is 8.63. The van der Waals surface area contributed by atoms with Crippen LogP contribution in [0, 0.1) is 11.3 Å². The standard InChI is InChI=1S/C29H34N6O5S/c1-7-41(38,39)34(6)22-10-8-9-21(15-22)32-26-31-12-11-24(33-26)19-13-20(16-30)25-23(14-19)29(5,18-36)17-35(25)27(37)40-28(2,3)4/h8-15,36H,7,17-18H2,1-6H3,(H,31,32,33). The molecule has 1 aromatic heterocycles. The highest BCUT2D eigenvalue weighted by Gasteiger charge is 2.44. The third-order valence-electron chi connectivity index (χ3n) is 6.82. The van der Waals surface area contributed by atoms with Crippen LogP contribution in [0.3, 0.4) is 0 Å². The van der Waals surface area contributed by atoms with Crippen LogP contribution in [0.15, 0.2) is 48.7 Å². The van der Waals surface area contributed by atoms with E-state index in [1.807, 2.05) is 13.0 Å². The Morgan fingerprint density at radius 3 is 2.63 bits per heavy atom. The molecule has 1 atom stereocenters. The molecular weight excluding hydrogens is 544 g/mol. The van der Waals surface area contributed by atoms with Crippen LogP contribution in [0.5, 0.6) is 0 Å². The van der Waals surface area contributed by atoms with Gasteiger partial charge < -0.3 is 15.2 Å². The third-order valence-corrected chi connectivity index (χ3v) is 8.59. The van der Waals surface area contributed by atoms with E-state index in [9.17, 15) is 23.6 Å². The Labute approximate surface area is 240 Å². The molecule has 3 aromatic rings. The van der Waals surface area contributed by atoms with E-state index in [1.165, 1.54) is 16.3 Å². The number of aromatic nitrogens is 2. The van der Waals surface area contributed by atoms with Gasteiger partial charge in [0, 0.05) is 36.5 Å². The molecule has 0 saturated heterocycles. The monoisotopic (exact) mass is 578 g/mol. The van der Waals surface area contributed by atoms with Crippen LogP contribution < -0.4 is 14.5 Å². The van der Waals surface area contributed by atoms with Crippen molar-refractivity contribution < 1.29 is 23.1 Å². The molecule has 2 N–H and O–H groups in total. The summed E-state index contributed by atoms with van der Waals surface area (Å²) in [4.78, 5) is 23.4. The Morgan fingerprint density at radius 2 is 2.00 bits per heavy atom. The molecule has 11 nitrogen and oxygen atoms in total. The van der Waals surface area contributed by atoms with Crippen molar-refractivity contribution in [3.05, 3.63) is 59.8 Å². The van der Waals surface area contributed by atoms with Crippen molar-refractivity contribution in [2.75, 3.05) is 40.5 Å². The molecule has 0 bridgehead atoms. The van der Waals surface area contributed by atoms with Crippen molar-refractivity contribution in [1.82, 2.24) is 9.97 Å². The molecule has 2 heterocycles. The van der Waals surface area contributed by atoms with E-state index in [4.69, 9.17) is 4.74 Å². The normalized spacial score (nSPS) is 16.6. The molecule has 41 heavy (non-hydrogen) atoms. The lowest BCUT2D eigenvalue weighted by atomic mass is 9.83. The second-order valence-electron chi connectivity index (χ2n) is 11.1. The number of sulfonamides is 1. The highest BCUT2D eigenvalue weighted by Crippen LogP contribution is 2.45. The van der Waals surface area contributed by atoms with E-state index in [0.29, 0.717) is 33.9 Å². The Hall–Kier alpha value is -4.21. The van der Waals surface area contributed by atoms with E-state index < -0.39 is 27.1 Å². The summed E-state index contributed by atoms with van der Waals surface area (Å²) < 4.78 is 31.4. The number of ether oxygens (including phenoxy) is 1. The molecule has 216 valence electrons. The number of fused-ring (bicyclic) bond motifs is 1. The number of hydrogen-bond donors (Lipinski definition) is 2. The summed E-state index contributed by atoms with van der Waals surface area (Å²) in [6, 6.07) is 14.2. The molecule has 0 radical (unpaired) electrons. The van der Waals surface area contributed by atoms with E-state index in [-0.39, 0.29) is 30.4 Å². The molecule has 12 heteroatoms. The van der Waals surface area contributed by atoms with Crippen molar-refractivity contribution in [2.24, 2.45) is 0 Å². The van der Waals surface area contributed by atoms with E-state index in [1.54, 1.807) is 70.3 Å². The number of aliphatic hydroxyl groups excluding tert-OH is 1. The van der Waals surface area contributed by atoms with Crippen LogP contribution in [0.4, 0.5) is 27.8 Å². The first-order chi connectivity index (χ1) is 19.2. The van der Waals surface area contributed by atoms with E-state index >= 15 is 0 Å². The summed E-state index contributed by atoms with van der Waals surface area (Å²) in [6.07, 6.45) is 0.980. The zero-order valence-electron chi connectivity index (χ0n) is 24.0.